The Balaban J connectivity index is 2.25. The van der Waals surface area contributed by atoms with Crippen LogP contribution in [0.3, 0.4) is 0 Å². The molecule has 0 heterocycles. The van der Waals surface area contributed by atoms with Gasteiger partial charge in [0.2, 0.25) is 10.0 Å². The van der Waals surface area contributed by atoms with Crippen molar-refractivity contribution in [2.75, 3.05) is 20.7 Å². The first-order valence-corrected chi connectivity index (χ1v) is 7.98. The highest BCUT2D eigenvalue weighted by molar-refractivity contribution is 9.10. The standard InChI is InChI=1S/C12H16BrNO3S/c1-14(8-9-3-4-9)18(15,16)10-5-6-12(17-2)11(13)7-10/h5-7,9H,3-4,8H2,1-2H3. The summed E-state index contributed by atoms with van der Waals surface area (Å²) < 4.78 is 31.8. The molecule has 18 heavy (non-hydrogen) atoms. The summed E-state index contributed by atoms with van der Waals surface area (Å²) >= 11 is 3.30. The van der Waals surface area contributed by atoms with Crippen LogP contribution in [-0.4, -0.2) is 33.4 Å². The lowest BCUT2D eigenvalue weighted by atomic mass is 10.3. The van der Waals surface area contributed by atoms with Gasteiger partial charge in [-0.05, 0) is 52.9 Å². The van der Waals surface area contributed by atoms with Crippen LogP contribution >= 0.6 is 15.9 Å². The van der Waals surface area contributed by atoms with Crippen LogP contribution in [0.15, 0.2) is 27.6 Å². The van der Waals surface area contributed by atoms with Crippen LogP contribution in [-0.2, 0) is 10.0 Å². The van der Waals surface area contributed by atoms with Crippen LogP contribution in [0.2, 0.25) is 0 Å². The average Bonchev–Trinajstić information content (AvgIpc) is 3.12. The number of halogens is 1. The van der Waals surface area contributed by atoms with Gasteiger partial charge in [-0.1, -0.05) is 0 Å². The Kier molecular flexibility index (Phi) is 3.99. The van der Waals surface area contributed by atoms with Crippen LogP contribution < -0.4 is 4.74 Å². The molecule has 0 bridgehead atoms. The van der Waals surface area contributed by atoms with Gasteiger partial charge in [0.25, 0.3) is 0 Å². The second-order valence-corrected chi connectivity index (χ2v) is 7.42. The molecule has 0 atom stereocenters. The van der Waals surface area contributed by atoms with Crippen LogP contribution in [0.4, 0.5) is 0 Å². The van der Waals surface area contributed by atoms with Crippen LogP contribution in [0.5, 0.6) is 5.75 Å². The summed E-state index contributed by atoms with van der Waals surface area (Å²) in [5, 5.41) is 0. The maximum atomic E-state index is 12.3. The van der Waals surface area contributed by atoms with E-state index in [1.807, 2.05) is 0 Å². The van der Waals surface area contributed by atoms with Gasteiger partial charge in [0, 0.05) is 13.6 Å². The molecule has 1 saturated carbocycles. The number of hydrogen-bond donors (Lipinski definition) is 0. The number of ether oxygens (including phenoxy) is 1. The molecule has 0 saturated heterocycles. The van der Waals surface area contributed by atoms with Gasteiger partial charge >= 0.3 is 0 Å². The Bertz CT molecular complexity index is 540. The maximum Gasteiger partial charge on any atom is 0.242 e. The van der Waals surface area contributed by atoms with E-state index in [1.54, 1.807) is 32.4 Å². The van der Waals surface area contributed by atoms with E-state index < -0.39 is 10.0 Å². The zero-order chi connectivity index (χ0) is 13.3. The topological polar surface area (TPSA) is 46.6 Å². The SMILES string of the molecule is COc1ccc(S(=O)(=O)N(C)CC2CC2)cc1Br. The van der Waals surface area contributed by atoms with Gasteiger partial charge in [0.15, 0.2) is 0 Å². The minimum atomic E-state index is -3.39. The first-order valence-electron chi connectivity index (χ1n) is 5.75. The van der Waals surface area contributed by atoms with E-state index in [9.17, 15) is 8.42 Å². The Labute approximate surface area is 116 Å². The Morgan fingerprint density at radius 2 is 2.11 bits per heavy atom. The molecule has 0 amide bonds. The van der Waals surface area contributed by atoms with Gasteiger partial charge in [-0.25, -0.2) is 12.7 Å². The van der Waals surface area contributed by atoms with Crippen molar-refractivity contribution in [1.29, 1.82) is 0 Å². The van der Waals surface area contributed by atoms with E-state index in [0.29, 0.717) is 27.6 Å². The zero-order valence-corrected chi connectivity index (χ0v) is 12.8. The molecule has 0 aromatic heterocycles. The van der Waals surface area contributed by atoms with E-state index in [-0.39, 0.29) is 0 Å². The summed E-state index contributed by atoms with van der Waals surface area (Å²) in [6.07, 6.45) is 2.26. The Hall–Kier alpha value is -0.590. The summed E-state index contributed by atoms with van der Waals surface area (Å²) in [4.78, 5) is 0.290. The molecule has 4 nitrogen and oxygen atoms in total. The number of methoxy groups -OCH3 is 1. The van der Waals surface area contributed by atoms with Crippen molar-refractivity contribution in [2.45, 2.75) is 17.7 Å². The maximum absolute atomic E-state index is 12.3. The van der Waals surface area contributed by atoms with Crippen molar-refractivity contribution >= 4 is 26.0 Å². The number of hydrogen-bond acceptors (Lipinski definition) is 3. The highest BCUT2D eigenvalue weighted by atomic mass is 79.9. The quantitative estimate of drug-likeness (QED) is 0.831. The predicted molar refractivity (Wildman–Crippen MR) is 73.2 cm³/mol. The smallest absolute Gasteiger partial charge is 0.242 e. The molecule has 1 aromatic rings. The molecule has 0 N–H and O–H groups in total. The van der Waals surface area contributed by atoms with E-state index in [4.69, 9.17) is 4.74 Å². The van der Waals surface area contributed by atoms with E-state index in [0.717, 1.165) is 12.8 Å². The molecule has 0 unspecified atom stereocenters. The van der Waals surface area contributed by atoms with Crippen molar-refractivity contribution in [3.05, 3.63) is 22.7 Å². The van der Waals surface area contributed by atoms with Crippen molar-refractivity contribution in [1.82, 2.24) is 4.31 Å². The summed E-state index contributed by atoms with van der Waals surface area (Å²) in [5.74, 6) is 1.16. The molecule has 100 valence electrons. The summed E-state index contributed by atoms with van der Waals surface area (Å²) in [5.41, 5.74) is 0. The predicted octanol–water partition coefficient (Wildman–Crippen LogP) is 2.49. The second kappa shape index (κ2) is 5.19. The van der Waals surface area contributed by atoms with Crippen LogP contribution in [0.25, 0.3) is 0 Å². The fourth-order valence-electron chi connectivity index (χ4n) is 1.75. The van der Waals surface area contributed by atoms with Gasteiger partial charge in [0.1, 0.15) is 5.75 Å². The first kappa shape index (κ1) is 13.8. The number of benzene rings is 1. The van der Waals surface area contributed by atoms with Crippen molar-refractivity contribution in [3.63, 3.8) is 0 Å². The molecule has 2 rings (SSSR count). The zero-order valence-electron chi connectivity index (χ0n) is 10.4. The number of rotatable bonds is 5. The van der Waals surface area contributed by atoms with Gasteiger partial charge in [-0.2, -0.15) is 0 Å². The molecule has 1 aromatic carbocycles. The van der Waals surface area contributed by atoms with E-state index >= 15 is 0 Å². The third-order valence-electron chi connectivity index (χ3n) is 3.04. The summed E-state index contributed by atoms with van der Waals surface area (Å²) in [6, 6.07) is 4.81. The highest BCUT2D eigenvalue weighted by Crippen LogP contribution is 2.32. The van der Waals surface area contributed by atoms with Gasteiger partial charge in [-0.15, -0.1) is 0 Å². The van der Waals surface area contributed by atoms with Crippen molar-refractivity contribution in [3.8, 4) is 5.75 Å². The highest BCUT2D eigenvalue weighted by Gasteiger charge is 2.29. The summed E-state index contributed by atoms with van der Waals surface area (Å²) in [6.45, 7) is 0.603. The Morgan fingerprint density at radius 3 is 2.61 bits per heavy atom. The van der Waals surface area contributed by atoms with Gasteiger partial charge in [-0.3, -0.25) is 0 Å². The average molecular weight is 334 g/mol. The number of sulfonamides is 1. The van der Waals surface area contributed by atoms with Gasteiger partial charge < -0.3 is 4.74 Å². The normalized spacial score (nSPS) is 16.0. The van der Waals surface area contributed by atoms with Crippen molar-refractivity contribution < 1.29 is 13.2 Å². The molecular weight excluding hydrogens is 318 g/mol. The third kappa shape index (κ3) is 2.87. The van der Waals surface area contributed by atoms with Crippen LogP contribution in [0, 0.1) is 5.92 Å². The molecule has 0 spiro atoms. The minimum Gasteiger partial charge on any atom is -0.496 e. The molecule has 1 fully saturated rings. The molecule has 6 heteroatoms. The van der Waals surface area contributed by atoms with E-state index in [2.05, 4.69) is 15.9 Å². The molecule has 1 aliphatic carbocycles. The lowest BCUT2D eigenvalue weighted by Crippen LogP contribution is -2.28. The monoisotopic (exact) mass is 333 g/mol. The van der Waals surface area contributed by atoms with Gasteiger partial charge in [0.05, 0.1) is 16.5 Å². The van der Waals surface area contributed by atoms with Crippen molar-refractivity contribution in [2.24, 2.45) is 5.92 Å². The second-order valence-electron chi connectivity index (χ2n) is 4.53. The molecular formula is C12H16BrNO3S. The van der Waals surface area contributed by atoms with E-state index in [1.165, 1.54) is 4.31 Å². The number of nitrogens with zero attached hydrogens (tertiary/aromatic N) is 1. The Morgan fingerprint density at radius 1 is 1.44 bits per heavy atom. The fourth-order valence-corrected chi connectivity index (χ4v) is 3.72. The first-order chi connectivity index (χ1) is 8.45. The minimum absolute atomic E-state index is 0.290. The lowest BCUT2D eigenvalue weighted by Gasteiger charge is -2.17. The molecule has 0 aliphatic heterocycles. The fraction of sp³-hybridized carbons (Fsp3) is 0.500. The summed E-state index contributed by atoms with van der Waals surface area (Å²) in [7, 11) is -0.214. The largest absolute Gasteiger partial charge is 0.496 e. The lowest BCUT2D eigenvalue weighted by molar-refractivity contribution is 0.411. The molecule has 1 aliphatic rings. The third-order valence-corrected chi connectivity index (χ3v) is 5.48. The van der Waals surface area contributed by atoms with Crippen LogP contribution in [0.1, 0.15) is 12.8 Å². The molecule has 0 radical (unpaired) electrons.